The summed E-state index contributed by atoms with van der Waals surface area (Å²) in [6.07, 6.45) is 1.37. The van der Waals surface area contributed by atoms with Gasteiger partial charge < -0.3 is 10.0 Å². The van der Waals surface area contributed by atoms with E-state index in [-0.39, 0.29) is 5.82 Å². The van der Waals surface area contributed by atoms with Crippen LogP contribution in [0.1, 0.15) is 45.3 Å². The molecule has 1 atom stereocenters. The summed E-state index contributed by atoms with van der Waals surface area (Å²) in [5, 5.41) is 9.40. The molecule has 1 aromatic rings. The first-order valence-corrected chi connectivity index (χ1v) is 6.32. The third-order valence-electron chi connectivity index (χ3n) is 2.78. The van der Waals surface area contributed by atoms with Gasteiger partial charge in [-0.25, -0.2) is 4.39 Å². The fourth-order valence-corrected chi connectivity index (χ4v) is 1.93. The summed E-state index contributed by atoms with van der Waals surface area (Å²) >= 11 is 0. The van der Waals surface area contributed by atoms with E-state index >= 15 is 0 Å². The van der Waals surface area contributed by atoms with Crippen molar-refractivity contribution in [2.75, 3.05) is 18.0 Å². The molecule has 0 aliphatic rings. The van der Waals surface area contributed by atoms with Gasteiger partial charge in [0, 0.05) is 13.1 Å². The summed E-state index contributed by atoms with van der Waals surface area (Å²) < 4.78 is 14.0. The second-order valence-corrected chi connectivity index (χ2v) is 4.37. The smallest absolute Gasteiger partial charge is 0.146 e. The molecular weight excluding hydrogens is 217 g/mol. The zero-order valence-electron chi connectivity index (χ0n) is 10.9. The lowest BCUT2D eigenvalue weighted by molar-refractivity contribution is 0.199. The van der Waals surface area contributed by atoms with E-state index in [1.807, 2.05) is 0 Å². The normalized spacial score (nSPS) is 12.5. The Morgan fingerprint density at radius 2 is 1.82 bits per heavy atom. The van der Waals surface area contributed by atoms with Gasteiger partial charge in [-0.05, 0) is 37.5 Å². The van der Waals surface area contributed by atoms with Crippen molar-refractivity contribution < 1.29 is 9.50 Å². The summed E-state index contributed by atoms with van der Waals surface area (Å²) in [6, 6.07) is 4.99. The van der Waals surface area contributed by atoms with E-state index in [1.165, 1.54) is 6.07 Å². The highest BCUT2D eigenvalue weighted by Gasteiger charge is 2.12. The van der Waals surface area contributed by atoms with Crippen molar-refractivity contribution in [2.45, 2.75) is 39.7 Å². The predicted molar refractivity (Wildman–Crippen MR) is 69.8 cm³/mol. The molecule has 1 rings (SSSR count). The van der Waals surface area contributed by atoms with Gasteiger partial charge in [0.1, 0.15) is 5.82 Å². The molecular formula is C14H22FNO. The Morgan fingerprint density at radius 1 is 1.24 bits per heavy atom. The maximum atomic E-state index is 14.0. The van der Waals surface area contributed by atoms with Crippen molar-refractivity contribution in [3.63, 3.8) is 0 Å². The molecule has 0 unspecified atom stereocenters. The number of halogens is 1. The van der Waals surface area contributed by atoms with Crippen LogP contribution in [0.15, 0.2) is 18.2 Å². The third-order valence-corrected chi connectivity index (χ3v) is 2.78. The predicted octanol–water partition coefficient (Wildman–Crippen LogP) is 3.51. The van der Waals surface area contributed by atoms with Crippen LogP contribution in [-0.4, -0.2) is 18.2 Å². The Morgan fingerprint density at radius 3 is 2.24 bits per heavy atom. The average Bonchev–Trinajstić information content (AvgIpc) is 2.28. The number of nitrogens with zero attached hydrogens (tertiary/aromatic N) is 1. The third kappa shape index (κ3) is 3.70. The maximum Gasteiger partial charge on any atom is 0.146 e. The number of anilines is 1. The van der Waals surface area contributed by atoms with E-state index in [0.717, 1.165) is 25.9 Å². The molecule has 0 fully saturated rings. The van der Waals surface area contributed by atoms with E-state index in [2.05, 4.69) is 18.7 Å². The molecule has 17 heavy (non-hydrogen) atoms. The Hall–Kier alpha value is -1.09. The number of hydrogen-bond donors (Lipinski definition) is 1. The molecule has 0 saturated carbocycles. The van der Waals surface area contributed by atoms with Crippen LogP contribution in [0.5, 0.6) is 0 Å². The van der Waals surface area contributed by atoms with Crippen LogP contribution in [-0.2, 0) is 0 Å². The van der Waals surface area contributed by atoms with E-state index in [1.54, 1.807) is 19.1 Å². The van der Waals surface area contributed by atoms with Crippen molar-refractivity contribution >= 4 is 5.69 Å². The summed E-state index contributed by atoms with van der Waals surface area (Å²) in [5.41, 5.74) is 1.26. The zero-order chi connectivity index (χ0) is 12.8. The lowest BCUT2D eigenvalue weighted by Crippen LogP contribution is -2.25. The van der Waals surface area contributed by atoms with E-state index < -0.39 is 6.10 Å². The molecule has 96 valence electrons. The molecule has 0 aliphatic heterocycles. The highest BCUT2D eigenvalue weighted by atomic mass is 19.1. The molecule has 0 amide bonds. The van der Waals surface area contributed by atoms with E-state index in [9.17, 15) is 9.50 Å². The first-order valence-electron chi connectivity index (χ1n) is 6.32. The van der Waals surface area contributed by atoms with Crippen LogP contribution in [0.25, 0.3) is 0 Å². The Kier molecular flexibility index (Phi) is 5.42. The summed E-state index contributed by atoms with van der Waals surface area (Å²) in [4.78, 5) is 2.06. The van der Waals surface area contributed by atoms with Gasteiger partial charge in [-0.3, -0.25) is 0 Å². The molecule has 0 spiro atoms. The quantitative estimate of drug-likeness (QED) is 0.821. The second kappa shape index (κ2) is 6.60. The number of hydrogen-bond acceptors (Lipinski definition) is 2. The van der Waals surface area contributed by atoms with Crippen LogP contribution < -0.4 is 4.90 Å². The summed E-state index contributed by atoms with van der Waals surface area (Å²) in [5.74, 6) is -0.245. The number of benzene rings is 1. The molecule has 0 aliphatic carbocycles. The van der Waals surface area contributed by atoms with Crippen molar-refractivity contribution in [3.05, 3.63) is 29.6 Å². The first kappa shape index (κ1) is 14.0. The van der Waals surface area contributed by atoms with Crippen LogP contribution in [0.3, 0.4) is 0 Å². The fraction of sp³-hybridized carbons (Fsp3) is 0.571. The van der Waals surface area contributed by atoms with Gasteiger partial charge in [-0.15, -0.1) is 0 Å². The number of aliphatic hydroxyl groups excluding tert-OH is 1. The first-order chi connectivity index (χ1) is 8.10. The molecule has 2 nitrogen and oxygen atoms in total. The van der Waals surface area contributed by atoms with E-state index in [0.29, 0.717) is 11.3 Å². The molecule has 0 bridgehead atoms. The topological polar surface area (TPSA) is 23.5 Å². The highest BCUT2D eigenvalue weighted by Crippen LogP contribution is 2.23. The van der Waals surface area contributed by atoms with E-state index in [4.69, 9.17) is 0 Å². The molecule has 0 heterocycles. The molecule has 1 aromatic carbocycles. The highest BCUT2D eigenvalue weighted by molar-refractivity contribution is 5.49. The SMILES string of the molecule is CCCN(CCC)c1ccc([C@H](C)O)cc1F. The van der Waals surface area contributed by atoms with Crippen LogP contribution in [0, 0.1) is 5.82 Å². The van der Waals surface area contributed by atoms with Crippen molar-refractivity contribution in [2.24, 2.45) is 0 Å². The maximum absolute atomic E-state index is 14.0. The number of aliphatic hydroxyl groups is 1. The largest absolute Gasteiger partial charge is 0.389 e. The average molecular weight is 239 g/mol. The summed E-state index contributed by atoms with van der Waals surface area (Å²) in [7, 11) is 0. The molecule has 1 N–H and O–H groups in total. The molecule has 0 aromatic heterocycles. The monoisotopic (exact) mass is 239 g/mol. The van der Waals surface area contributed by atoms with Crippen molar-refractivity contribution in [3.8, 4) is 0 Å². The molecule has 3 heteroatoms. The van der Waals surface area contributed by atoms with Crippen LogP contribution >= 0.6 is 0 Å². The Labute approximate surface area is 103 Å². The lowest BCUT2D eigenvalue weighted by atomic mass is 10.1. The summed E-state index contributed by atoms with van der Waals surface area (Å²) in [6.45, 7) is 7.54. The minimum absolute atomic E-state index is 0.245. The Bertz CT molecular complexity index is 346. The van der Waals surface area contributed by atoms with Gasteiger partial charge >= 0.3 is 0 Å². The van der Waals surface area contributed by atoms with Crippen molar-refractivity contribution in [1.29, 1.82) is 0 Å². The van der Waals surface area contributed by atoms with Gasteiger partial charge in [0.25, 0.3) is 0 Å². The minimum Gasteiger partial charge on any atom is -0.389 e. The molecule has 0 saturated heterocycles. The van der Waals surface area contributed by atoms with Crippen LogP contribution in [0.4, 0.5) is 10.1 Å². The second-order valence-electron chi connectivity index (χ2n) is 4.37. The van der Waals surface area contributed by atoms with Gasteiger partial charge in [0.05, 0.1) is 11.8 Å². The fourth-order valence-electron chi connectivity index (χ4n) is 1.93. The van der Waals surface area contributed by atoms with Crippen LogP contribution in [0.2, 0.25) is 0 Å². The van der Waals surface area contributed by atoms with Gasteiger partial charge in [0.15, 0.2) is 0 Å². The Balaban J connectivity index is 2.95. The van der Waals surface area contributed by atoms with Gasteiger partial charge in [0.2, 0.25) is 0 Å². The van der Waals surface area contributed by atoms with Crippen molar-refractivity contribution in [1.82, 2.24) is 0 Å². The standard InChI is InChI=1S/C14H22FNO/c1-4-8-16(9-5-2)14-7-6-12(11(3)17)10-13(14)15/h6-7,10-11,17H,4-5,8-9H2,1-3H3/t11-/m0/s1. The number of rotatable bonds is 6. The lowest BCUT2D eigenvalue weighted by Gasteiger charge is -2.24. The zero-order valence-corrected chi connectivity index (χ0v) is 10.9. The molecule has 0 radical (unpaired) electrons. The van der Waals surface area contributed by atoms with Gasteiger partial charge in [-0.1, -0.05) is 19.9 Å². The van der Waals surface area contributed by atoms with Gasteiger partial charge in [-0.2, -0.15) is 0 Å². The minimum atomic E-state index is -0.621.